The predicted octanol–water partition coefficient (Wildman–Crippen LogP) is 2.26. The van der Waals surface area contributed by atoms with Gasteiger partial charge in [-0.25, -0.2) is 19.9 Å². The van der Waals surface area contributed by atoms with Crippen LogP contribution >= 0.6 is 0 Å². The predicted molar refractivity (Wildman–Crippen MR) is 82.3 cm³/mol. The number of rotatable bonds is 4. The molecule has 2 N–H and O–H groups in total. The molecular weight excluding hydrogens is 276 g/mol. The molecule has 3 heterocycles. The molecule has 0 amide bonds. The number of imidazole rings is 2. The van der Waals surface area contributed by atoms with E-state index >= 15 is 0 Å². The lowest BCUT2D eigenvalue weighted by atomic mass is 10.1. The van der Waals surface area contributed by atoms with Gasteiger partial charge in [0.25, 0.3) is 0 Å². The number of para-hydroxylation sites is 2. The van der Waals surface area contributed by atoms with Gasteiger partial charge in [0.1, 0.15) is 11.6 Å². The number of benzene rings is 1. The lowest BCUT2D eigenvalue weighted by Gasteiger charge is -2.08. The molecule has 0 saturated carbocycles. The van der Waals surface area contributed by atoms with Crippen molar-refractivity contribution < 1.29 is 0 Å². The second-order valence-corrected chi connectivity index (χ2v) is 5.03. The summed E-state index contributed by atoms with van der Waals surface area (Å²) in [7, 11) is 0. The summed E-state index contributed by atoms with van der Waals surface area (Å²) in [6, 6.07) is 7.90. The van der Waals surface area contributed by atoms with Gasteiger partial charge in [-0.2, -0.15) is 0 Å². The van der Waals surface area contributed by atoms with E-state index < -0.39 is 0 Å². The molecular formula is C16H14N6. The standard InChI is InChI=1S/C16H14N6/c1-2-4-12-11(3-1)21-13(9-15-17-5-6-18-15)14(22-12)10-16-19-7-8-20-16/h1-8H,9-10H2,(H,17,18)(H,19,20). The van der Waals surface area contributed by atoms with Crippen LogP contribution in [0.3, 0.4) is 0 Å². The monoisotopic (exact) mass is 290 g/mol. The molecule has 0 aliphatic carbocycles. The summed E-state index contributed by atoms with van der Waals surface area (Å²) in [6.45, 7) is 0. The number of hydrogen-bond donors (Lipinski definition) is 2. The summed E-state index contributed by atoms with van der Waals surface area (Å²) in [4.78, 5) is 24.3. The minimum Gasteiger partial charge on any atom is -0.348 e. The fourth-order valence-corrected chi connectivity index (χ4v) is 2.46. The quantitative estimate of drug-likeness (QED) is 0.604. The number of aromatic amines is 2. The van der Waals surface area contributed by atoms with Crippen LogP contribution in [0.2, 0.25) is 0 Å². The maximum Gasteiger partial charge on any atom is 0.112 e. The maximum atomic E-state index is 4.77. The van der Waals surface area contributed by atoms with Gasteiger partial charge in [-0.05, 0) is 12.1 Å². The van der Waals surface area contributed by atoms with Gasteiger partial charge in [-0.3, -0.25) is 0 Å². The number of H-pyrrole nitrogens is 2. The Morgan fingerprint density at radius 1 is 0.727 bits per heavy atom. The van der Waals surface area contributed by atoms with Gasteiger partial charge in [0.2, 0.25) is 0 Å². The Bertz CT molecular complexity index is 806. The van der Waals surface area contributed by atoms with Crippen LogP contribution in [-0.2, 0) is 12.8 Å². The molecule has 4 rings (SSSR count). The van der Waals surface area contributed by atoms with Crippen LogP contribution in [0.15, 0.2) is 49.1 Å². The Kier molecular flexibility index (Phi) is 3.12. The van der Waals surface area contributed by atoms with Gasteiger partial charge in [0.15, 0.2) is 0 Å². The van der Waals surface area contributed by atoms with Gasteiger partial charge in [0.05, 0.1) is 22.4 Å². The summed E-state index contributed by atoms with van der Waals surface area (Å²) in [6.07, 6.45) is 8.37. The third kappa shape index (κ3) is 2.46. The summed E-state index contributed by atoms with van der Waals surface area (Å²) in [5.41, 5.74) is 3.63. The largest absolute Gasteiger partial charge is 0.348 e. The molecule has 0 aliphatic heterocycles. The van der Waals surface area contributed by atoms with E-state index in [4.69, 9.17) is 9.97 Å². The molecule has 0 spiro atoms. The van der Waals surface area contributed by atoms with Crippen LogP contribution in [0.5, 0.6) is 0 Å². The molecule has 0 aliphatic rings. The highest BCUT2D eigenvalue weighted by atomic mass is 14.9. The first-order valence-electron chi connectivity index (χ1n) is 7.09. The molecule has 108 valence electrons. The SMILES string of the molecule is c1ccc2nc(Cc3ncc[nH]3)c(Cc3ncc[nH]3)nc2c1. The van der Waals surface area contributed by atoms with E-state index in [9.17, 15) is 0 Å². The van der Waals surface area contributed by atoms with Crippen molar-refractivity contribution in [1.82, 2.24) is 29.9 Å². The van der Waals surface area contributed by atoms with Gasteiger partial charge in [-0.15, -0.1) is 0 Å². The highest BCUT2D eigenvalue weighted by Crippen LogP contribution is 2.17. The normalized spacial score (nSPS) is 11.1. The van der Waals surface area contributed by atoms with Crippen molar-refractivity contribution in [1.29, 1.82) is 0 Å². The molecule has 0 bridgehead atoms. The first-order valence-corrected chi connectivity index (χ1v) is 7.09. The second kappa shape index (κ2) is 5.40. The lowest BCUT2D eigenvalue weighted by molar-refractivity contribution is 0.898. The van der Waals surface area contributed by atoms with Crippen LogP contribution < -0.4 is 0 Å². The van der Waals surface area contributed by atoms with Crippen molar-refractivity contribution in [3.05, 3.63) is 72.1 Å². The third-order valence-corrected chi connectivity index (χ3v) is 3.51. The van der Waals surface area contributed by atoms with Crippen LogP contribution in [0.4, 0.5) is 0 Å². The Labute approximate surface area is 126 Å². The van der Waals surface area contributed by atoms with Gasteiger partial charge >= 0.3 is 0 Å². The number of hydrogen-bond acceptors (Lipinski definition) is 4. The van der Waals surface area contributed by atoms with Gasteiger partial charge in [-0.1, -0.05) is 12.1 Å². The molecule has 6 nitrogen and oxygen atoms in total. The Hall–Kier alpha value is -3.02. The fraction of sp³-hybridized carbons (Fsp3) is 0.125. The molecule has 0 fully saturated rings. The van der Waals surface area contributed by atoms with Gasteiger partial charge in [0, 0.05) is 37.6 Å². The van der Waals surface area contributed by atoms with E-state index in [1.807, 2.05) is 36.7 Å². The summed E-state index contributed by atoms with van der Waals surface area (Å²) in [5, 5.41) is 0. The molecule has 0 saturated heterocycles. The molecule has 6 heteroatoms. The second-order valence-electron chi connectivity index (χ2n) is 5.03. The summed E-state index contributed by atoms with van der Waals surface area (Å²) >= 11 is 0. The minimum atomic E-state index is 0.626. The van der Waals surface area contributed by atoms with Crippen LogP contribution in [-0.4, -0.2) is 29.9 Å². The first-order chi connectivity index (χ1) is 10.9. The third-order valence-electron chi connectivity index (χ3n) is 3.51. The Balaban J connectivity index is 1.79. The Morgan fingerprint density at radius 3 is 1.64 bits per heavy atom. The molecule has 22 heavy (non-hydrogen) atoms. The van der Waals surface area contributed by atoms with E-state index in [2.05, 4.69) is 19.9 Å². The number of fused-ring (bicyclic) bond motifs is 1. The highest BCUT2D eigenvalue weighted by Gasteiger charge is 2.12. The van der Waals surface area contributed by atoms with Crippen molar-refractivity contribution in [2.75, 3.05) is 0 Å². The van der Waals surface area contributed by atoms with E-state index in [1.165, 1.54) is 0 Å². The van der Waals surface area contributed by atoms with Crippen molar-refractivity contribution in [2.45, 2.75) is 12.8 Å². The van der Waals surface area contributed by atoms with Gasteiger partial charge < -0.3 is 9.97 Å². The van der Waals surface area contributed by atoms with Crippen molar-refractivity contribution in [3.8, 4) is 0 Å². The lowest BCUT2D eigenvalue weighted by Crippen LogP contribution is -2.06. The van der Waals surface area contributed by atoms with Crippen LogP contribution in [0.25, 0.3) is 11.0 Å². The molecule has 4 aromatic rings. The molecule has 3 aromatic heterocycles. The van der Waals surface area contributed by atoms with E-state index in [1.54, 1.807) is 12.4 Å². The van der Waals surface area contributed by atoms with Crippen molar-refractivity contribution in [3.63, 3.8) is 0 Å². The summed E-state index contributed by atoms with van der Waals surface area (Å²) in [5.74, 6) is 1.76. The van der Waals surface area contributed by atoms with E-state index in [-0.39, 0.29) is 0 Å². The first kappa shape index (κ1) is 12.7. The van der Waals surface area contributed by atoms with Crippen LogP contribution in [0.1, 0.15) is 23.0 Å². The molecule has 0 atom stereocenters. The van der Waals surface area contributed by atoms with E-state index in [0.29, 0.717) is 12.8 Å². The zero-order chi connectivity index (χ0) is 14.8. The zero-order valence-electron chi connectivity index (χ0n) is 11.8. The molecule has 1 aromatic carbocycles. The average Bonchev–Trinajstić information content (AvgIpc) is 3.21. The maximum absolute atomic E-state index is 4.77. The van der Waals surface area contributed by atoms with Crippen molar-refractivity contribution >= 4 is 11.0 Å². The van der Waals surface area contributed by atoms with E-state index in [0.717, 1.165) is 34.1 Å². The fourth-order valence-electron chi connectivity index (χ4n) is 2.46. The topological polar surface area (TPSA) is 83.1 Å². The zero-order valence-corrected chi connectivity index (χ0v) is 11.8. The average molecular weight is 290 g/mol. The van der Waals surface area contributed by atoms with Crippen LogP contribution in [0, 0.1) is 0 Å². The number of nitrogens with zero attached hydrogens (tertiary/aromatic N) is 4. The smallest absolute Gasteiger partial charge is 0.112 e. The highest BCUT2D eigenvalue weighted by molar-refractivity contribution is 5.74. The summed E-state index contributed by atoms with van der Waals surface area (Å²) < 4.78 is 0. The number of nitrogens with one attached hydrogen (secondary N) is 2. The van der Waals surface area contributed by atoms with Crippen molar-refractivity contribution in [2.24, 2.45) is 0 Å². The number of aromatic nitrogens is 6. The molecule has 0 radical (unpaired) electrons. The Morgan fingerprint density at radius 2 is 1.23 bits per heavy atom. The molecule has 0 unspecified atom stereocenters. The minimum absolute atomic E-state index is 0.626.